The van der Waals surface area contributed by atoms with Crippen molar-refractivity contribution in [3.8, 4) is 0 Å². The zero-order valence-corrected chi connectivity index (χ0v) is 15.4. The lowest BCUT2D eigenvalue weighted by Gasteiger charge is -2.12. The lowest BCUT2D eigenvalue weighted by atomic mass is 10.1. The number of pyridine rings is 2. The number of carbonyl (C=O) groups is 2. The van der Waals surface area contributed by atoms with E-state index in [2.05, 4.69) is 25.7 Å². The molecule has 1 aliphatic heterocycles. The summed E-state index contributed by atoms with van der Waals surface area (Å²) in [5, 5.41) is 10.2. The predicted octanol–water partition coefficient (Wildman–Crippen LogP) is 1.27. The van der Waals surface area contributed by atoms with Crippen molar-refractivity contribution in [1.29, 1.82) is 0 Å². The second-order valence-electron chi connectivity index (χ2n) is 6.86. The zero-order chi connectivity index (χ0) is 19.5. The molecule has 1 aliphatic rings. The Kier molecular flexibility index (Phi) is 4.84. The summed E-state index contributed by atoms with van der Waals surface area (Å²) in [6.07, 6.45) is 8.80. The summed E-state index contributed by atoms with van der Waals surface area (Å²) >= 11 is 0. The van der Waals surface area contributed by atoms with E-state index in [0.717, 1.165) is 16.8 Å². The van der Waals surface area contributed by atoms with Gasteiger partial charge in [0.25, 0.3) is 11.8 Å². The van der Waals surface area contributed by atoms with E-state index >= 15 is 0 Å². The summed E-state index contributed by atoms with van der Waals surface area (Å²) in [6.45, 7) is 2.83. The van der Waals surface area contributed by atoms with Crippen molar-refractivity contribution < 1.29 is 9.59 Å². The molecule has 0 unspecified atom stereocenters. The van der Waals surface area contributed by atoms with Gasteiger partial charge in [0.05, 0.1) is 35.6 Å². The minimum absolute atomic E-state index is 0.110. The molecule has 2 N–H and O–H groups in total. The fourth-order valence-corrected chi connectivity index (χ4v) is 3.30. The van der Waals surface area contributed by atoms with Crippen LogP contribution in [0.15, 0.2) is 49.2 Å². The molecular weight excluding hydrogens is 356 g/mol. The van der Waals surface area contributed by atoms with Crippen molar-refractivity contribution in [3.63, 3.8) is 0 Å². The van der Waals surface area contributed by atoms with E-state index < -0.39 is 0 Å². The van der Waals surface area contributed by atoms with Gasteiger partial charge in [-0.2, -0.15) is 5.10 Å². The molecule has 142 valence electrons. The highest BCUT2D eigenvalue weighted by Crippen LogP contribution is 2.19. The molecule has 1 atom stereocenters. The average molecular weight is 376 g/mol. The zero-order valence-electron chi connectivity index (χ0n) is 15.4. The maximum atomic E-state index is 12.5. The maximum Gasteiger partial charge on any atom is 0.255 e. The van der Waals surface area contributed by atoms with Crippen molar-refractivity contribution in [2.24, 2.45) is 0 Å². The second kappa shape index (κ2) is 7.59. The first-order valence-electron chi connectivity index (χ1n) is 9.04. The molecule has 8 nitrogen and oxygen atoms in total. The first-order valence-corrected chi connectivity index (χ1v) is 9.04. The van der Waals surface area contributed by atoms with Gasteiger partial charge in [-0.25, -0.2) is 0 Å². The van der Waals surface area contributed by atoms with Gasteiger partial charge in [-0.15, -0.1) is 0 Å². The fourth-order valence-electron chi connectivity index (χ4n) is 3.30. The van der Waals surface area contributed by atoms with Crippen LogP contribution in [0.25, 0.3) is 0 Å². The van der Waals surface area contributed by atoms with Crippen LogP contribution in [0.3, 0.4) is 0 Å². The Hall–Kier alpha value is -3.55. The third-order valence-corrected chi connectivity index (χ3v) is 4.67. The molecule has 4 rings (SSSR count). The van der Waals surface area contributed by atoms with Gasteiger partial charge in [0.1, 0.15) is 0 Å². The first kappa shape index (κ1) is 17.8. The number of aryl methyl sites for hydroxylation is 1. The van der Waals surface area contributed by atoms with Crippen molar-refractivity contribution in [1.82, 2.24) is 30.4 Å². The van der Waals surface area contributed by atoms with Gasteiger partial charge in [0, 0.05) is 37.8 Å². The summed E-state index contributed by atoms with van der Waals surface area (Å²) < 4.78 is 1.78. The lowest BCUT2D eigenvalue weighted by molar-refractivity contribution is 0.0934. The van der Waals surface area contributed by atoms with E-state index in [0.29, 0.717) is 30.6 Å². The molecule has 0 aliphatic carbocycles. The number of nitrogens with one attached hydrogen (secondary N) is 2. The van der Waals surface area contributed by atoms with Crippen LogP contribution in [0.1, 0.15) is 37.5 Å². The number of carbonyl (C=O) groups excluding carboxylic acids is 2. The van der Waals surface area contributed by atoms with Gasteiger partial charge >= 0.3 is 0 Å². The number of hydrogen-bond donors (Lipinski definition) is 2. The third kappa shape index (κ3) is 3.75. The van der Waals surface area contributed by atoms with Crippen LogP contribution in [0.2, 0.25) is 0 Å². The Balaban J connectivity index is 1.38. The molecule has 4 heterocycles. The minimum Gasteiger partial charge on any atom is -0.348 e. The van der Waals surface area contributed by atoms with E-state index in [4.69, 9.17) is 0 Å². The summed E-state index contributed by atoms with van der Waals surface area (Å²) in [5.74, 6) is -0.352. The number of aromatic nitrogens is 4. The first-order chi connectivity index (χ1) is 13.6. The standard InChI is InChI=1S/C20H20N6O2/c1-13-5-15(10-22-7-13)19(27)25-16-6-18-17(11-24-26(18)12-16)20(28)23-9-14-3-2-4-21-8-14/h2-5,7-8,10-11,16H,6,9,12H2,1H3,(H,23,28)(H,25,27)/t16-/m0/s1. The molecule has 28 heavy (non-hydrogen) atoms. The van der Waals surface area contributed by atoms with E-state index in [1.165, 1.54) is 0 Å². The molecule has 0 saturated heterocycles. The third-order valence-electron chi connectivity index (χ3n) is 4.67. The van der Waals surface area contributed by atoms with Crippen molar-refractivity contribution in [2.75, 3.05) is 0 Å². The van der Waals surface area contributed by atoms with Gasteiger partial charge in [0.15, 0.2) is 0 Å². The highest BCUT2D eigenvalue weighted by Gasteiger charge is 2.29. The Morgan fingerprint density at radius 3 is 2.86 bits per heavy atom. The van der Waals surface area contributed by atoms with Crippen LogP contribution in [0, 0.1) is 6.92 Å². The van der Waals surface area contributed by atoms with E-state index in [1.54, 1.807) is 41.7 Å². The van der Waals surface area contributed by atoms with E-state index in [9.17, 15) is 9.59 Å². The minimum atomic E-state index is -0.181. The van der Waals surface area contributed by atoms with Crippen molar-refractivity contribution >= 4 is 11.8 Å². The molecule has 0 aromatic carbocycles. The monoisotopic (exact) mass is 376 g/mol. The predicted molar refractivity (Wildman–Crippen MR) is 102 cm³/mol. The molecular formula is C20H20N6O2. The molecule has 0 saturated carbocycles. The average Bonchev–Trinajstić information content (AvgIpc) is 3.27. The van der Waals surface area contributed by atoms with Gasteiger partial charge in [-0.05, 0) is 30.2 Å². The summed E-state index contributed by atoms with van der Waals surface area (Å²) in [7, 11) is 0. The van der Waals surface area contributed by atoms with Gasteiger partial charge < -0.3 is 10.6 Å². The van der Waals surface area contributed by atoms with Crippen LogP contribution in [0.5, 0.6) is 0 Å². The van der Waals surface area contributed by atoms with Gasteiger partial charge in [-0.3, -0.25) is 24.2 Å². The highest BCUT2D eigenvalue weighted by molar-refractivity contribution is 5.96. The molecule has 0 fully saturated rings. The van der Waals surface area contributed by atoms with Crippen molar-refractivity contribution in [2.45, 2.75) is 32.5 Å². The van der Waals surface area contributed by atoms with Crippen LogP contribution in [-0.4, -0.2) is 37.6 Å². The Morgan fingerprint density at radius 2 is 2.07 bits per heavy atom. The summed E-state index contributed by atoms with van der Waals surface area (Å²) in [4.78, 5) is 33.1. The van der Waals surface area contributed by atoms with Crippen LogP contribution in [0.4, 0.5) is 0 Å². The van der Waals surface area contributed by atoms with Crippen LogP contribution >= 0.6 is 0 Å². The van der Waals surface area contributed by atoms with Crippen molar-refractivity contribution in [3.05, 3.63) is 77.1 Å². The molecule has 2 amide bonds. The summed E-state index contributed by atoms with van der Waals surface area (Å²) in [6, 6.07) is 5.42. The SMILES string of the molecule is Cc1cncc(C(=O)N[C@H]2Cc3c(C(=O)NCc4cccnc4)cnn3C2)c1. The normalized spacial score (nSPS) is 15.1. The number of amides is 2. The molecule has 0 radical (unpaired) electrons. The number of hydrogen-bond acceptors (Lipinski definition) is 5. The Labute approximate surface area is 162 Å². The number of rotatable bonds is 5. The molecule has 8 heteroatoms. The number of fused-ring (bicyclic) bond motifs is 1. The fraction of sp³-hybridized carbons (Fsp3) is 0.250. The quantitative estimate of drug-likeness (QED) is 0.698. The molecule has 0 bridgehead atoms. The Bertz CT molecular complexity index is 1010. The van der Waals surface area contributed by atoms with Crippen LogP contribution in [-0.2, 0) is 19.5 Å². The lowest BCUT2D eigenvalue weighted by Crippen LogP contribution is -2.36. The van der Waals surface area contributed by atoms with Crippen LogP contribution < -0.4 is 10.6 Å². The number of nitrogens with zero attached hydrogens (tertiary/aromatic N) is 4. The van der Waals surface area contributed by atoms with E-state index in [1.807, 2.05) is 19.1 Å². The smallest absolute Gasteiger partial charge is 0.255 e. The van der Waals surface area contributed by atoms with Gasteiger partial charge in [-0.1, -0.05) is 6.07 Å². The second-order valence-corrected chi connectivity index (χ2v) is 6.86. The molecule has 3 aromatic heterocycles. The Morgan fingerprint density at radius 1 is 1.18 bits per heavy atom. The summed E-state index contributed by atoms with van der Waals surface area (Å²) in [5.41, 5.74) is 3.75. The molecule has 3 aromatic rings. The maximum absolute atomic E-state index is 12.5. The highest BCUT2D eigenvalue weighted by atomic mass is 16.2. The van der Waals surface area contributed by atoms with E-state index in [-0.39, 0.29) is 17.9 Å². The van der Waals surface area contributed by atoms with Gasteiger partial charge in [0.2, 0.25) is 0 Å². The molecule has 0 spiro atoms. The largest absolute Gasteiger partial charge is 0.348 e. The topological polar surface area (TPSA) is 102 Å².